The van der Waals surface area contributed by atoms with Crippen LogP contribution in [-0.2, 0) is 16.9 Å². The molecule has 0 aliphatic heterocycles. The summed E-state index contributed by atoms with van der Waals surface area (Å²) in [5.74, 6) is -0.479. The van der Waals surface area contributed by atoms with E-state index in [0.29, 0.717) is 11.1 Å². The summed E-state index contributed by atoms with van der Waals surface area (Å²) in [7, 11) is 0. The van der Waals surface area contributed by atoms with E-state index in [1.807, 2.05) is 37.3 Å². The van der Waals surface area contributed by atoms with Crippen molar-refractivity contribution in [3.05, 3.63) is 101 Å². The second-order valence-corrected chi connectivity index (χ2v) is 5.90. The zero-order valence-electron chi connectivity index (χ0n) is 14.0. The summed E-state index contributed by atoms with van der Waals surface area (Å²) in [4.78, 5) is 17.3. The van der Waals surface area contributed by atoms with E-state index in [1.165, 1.54) is 0 Å². The van der Waals surface area contributed by atoms with Crippen LogP contribution in [-0.4, -0.2) is 16.0 Å². The molecule has 1 aromatic heterocycles. The first-order chi connectivity index (χ1) is 12.1. The van der Waals surface area contributed by atoms with Gasteiger partial charge in [-0.3, -0.25) is 9.78 Å². The van der Waals surface area contributed by atoms with Crippen LogP contribution in [0, 0.1) is 6.92 Å². The zero-order chi connectivity index (χ0) is 17.7. The van der Waals surface area contributed by atoms with E-state index in [2.05, 4.69) is 10.3 Å². The van der Waals surface area contributed by atoms with Crippen LogP contribution in [0.1, 0.15) is 22.5 Å². The van der Waals surface area contributed by atoms with Crippen molar-refractivity contribution in [1.29, 1.82) is 0 Å². The van der Waals surface area contributed by atoms with E-state index in [0.717, 1.165) is 11.4 Å². The standard InChI is InChI=1S/C21H20N2O2/c1-16-9-8-14-19(23-16)15-22-20(24)21(25,17-10-4-2-5-11-17)18-12-6-3-7-13-18/h2-14,25H,15H2,1H3,(H,22,24). The molecule has 0 unspecified atom stereocenters. The molecule has 0 atom stereocenters. The molecule has 2 N–H and O–H groups in total. The van der Waals surface area contributed by atoms with E-state index >= 15 is 0 Å². The molecule has 0 saturated carbocycles. The molecule has 2 aromatic carbocycles. The van der Waals surface area contributed by atoms with Crippen LogP contribution >= 0.6 is 0 Å². The van der Waals surface area contributed by atoms with Crippen LogP contribution in [0.4, 0.5) is 0 Å². The van der Waals surface area contributed by atoms with Crippen LogP contribution in [0.2, 0.25) is 0 Å². The van der Waals surface area contributed by atoms with Gasteiger partial charge in [-0.2, -0.15) is 0 Å². The Kier molecular flexibility index (Phi) is 4.91. The number of hydrogen-bond acceptors (Lipinski definition) is 3. The van der Waals surface area contributed by atoms with E-state index in [1.54, 1.807) is 48.5 Å². The molecule has 0 radical (unpaired) electrons. The van der Waals surface area contributed by atoms with Crippen molar-refractivity contribution in [1.82, 2.24) is 10.3 Å². The van der Waals surface area contributed by atoms with Gasteiger partial charge in [0.15, 0.2) is 5.60 Å². The first-order valence-electron chi connectivity index (χ1n) is 8.15. The highest BCUT2D eigenvalue weighted by Gasteiger charge is 2.39. The number of benzene rings is 2. The second-order valence-electron chi connectivity index (χ2n) is 5.90. The molecule has 0 bridgehead atoms. The monoisotopic (exact) mass is 332 g/mol. The lowest BCUT2D eigenvalue weighted by Gasteiger charge is -2.28. The molecule has 0 spiro atoms. The molecule has 126 valence electrons. The Morgan fingerprint density at radius 1 is 0.920 bits per heavy atom. The number of aromatic nitrogens is 1. The number of carbonyl (C=O) groups is 1. The molecule has 0 aliphatic carbocycles. The number of pyridine rings is 1. The molecule has 3 aromatic rings. The molecular weight excluding hydrogens is 312 g/mol. The second kappa shape index (κ2) is 7.28. The lowest BCUT2D eigenvalue weighted by atomic mass is 9.85. The molecule has 0 fully saturated rings. The third-order valence-electron chi connectivity index (χ3n) is 4.09. The number of amides is 1. The van der Waals surface area contributed by atoms with Gasteiger partial charge in [0.1, 0.15) is 0 Å². The lowest BCUT2D eigenvalue weighted by molar-refractivity contribution is -0.136. The molecule has 4 heteroatoms. The fourth-order valence-electron chi connectivity index (χ4n) is 2.78. The van der Waals surface area contributed by atoms with Gasteiger partial charge in [-0.15, -0.1) is 0 Å². The summed E-state index contributed by atoms with van der Waals surface area (Å²) >= 11 is 0. The van der Waals surface area contributed by atoms with Crippen LogP contribution in [0.15, 0.2) is 78.9 Å². The normalized spacial score (nSPS) is 11.1. The fourth-order valence-corrected chi connectivity index (χ4v) is 2.78. The van der Waals surface area contributed by atoms with Gasteiger partial charge in [-0.25, -0.2) is 0 Å². The Balaban J connectivity index is 1.91. The first-order valence-corrected chi connectivity index (χ1v) is 8.15. The number of carbonyl (C=O) groups excluding carboxylic acids is 1. The lowest BCUT2D eigenvalue weighted by Crippen LogP contribution is -2.45. The zero-order valence-corrected chi connectivity index (χ0v) is 14.0. The van der Waals surface area contributed by atoms with E-state index in [-0.39, 0.29) is 6.54 Å². The van der Waals surface area contributed by atoms with Gasteiger partial charge in [-0.1, -0.05) is 66.7 Å². The topological polar surface area (TPSA) is 62.2 Å². The quantitative estimate of drug-likeness (QED) is 0.755. The van der Waals surface area contributed by atoms with Gasteiger partial charge >= 0.3 is 0 Å². The average molecular weight is 332 g/mol. The van der Waals surface area contributed by atoms with E-state index < -0.39 is 11.5 Å². The Morgan fingerprint density at radius 2 is 1.48 bits per heavy atom. The van der Waals surface area contributed by atoms with Crippen molar-refractivity contribution in [2.75, 3.05) is 0 Å². The molecule has 25 heavy (non-hydrogen) atoms. The number of hydrogen-bond donors (Lipinski definition) is 2. The van der Waals surface area contributed by atoms with Gasteiger partial charge in [-0.05, 0) is 30.2 Å². The predicted octanol–water partition coefficient (Wildman–Crippen LogP) is 2.94. The number of nitrogens with one attached hydrogen (secondary N) is 1. The van der Waals surface area contributed by atoms with Crippen molar-refractivity contribution in [3.8, 4) is 0 Å². The SMILES string of the molecule is Cc1cccc(CNC(=O)C(O)(c2ccccc2)c2ccccc2)n1. The maximum Gasteiger partial charge on any atom is 0.261 e. The van der Waals surface area contributed by atoms with Gasteiger partial charge in [0.2, 0.25) is 0 Å². The highest BCUT2D eigenvalue weighted by atomic mass is 16.3. The summed E-state index contributed by atoms with van der Waals surface area (Å²) in [6.45, 7) is 2.15. The van der Waals surface area contributed by atoms with Crippen LogP contribution in [0.5, 0.6) is 0 Å². The summed E-state index contributed by atoms with van der Waals surface area (Å²) in [6, 6.07) is 23.5. The maximum atomic E-state index is 12.9. The number of nitrogens with zero attached hydrogens (tertiary/aromatic N) is 1. The minimum Gasteiger partial charge on any atom is -0.372 e. The summed E-state index contributed by atoms with van der Waals surface area (Å²) < 4.78 is 0. The molecule has 1 heterocycles. The van der Waals surface area contributed by atoms with Crippen molar-refractivity contribution >= 4 is 5.91 Å². The Morgan fingerprint density at radius 3 is 2.00 bits per heavy atom. The van der Waals surface area contributed by atoms with Crippen LogP contribution in [0.3, 0.4) is 0 Å². The van der Waals surface area contributed by atoms with Gasteiger partial charge in [0, 0.05) is 5.69 Å². The highest BCUT2D eigenvalue weighted by Crippen LogP contribution is 2.29. The largest absolute Gasteiger partial charge is 0.372 e. The van der Waals surface area contributed by atoms with Crippen molar-refractivity contribution in [2.45, 2.75) is 19.1 Å². The van der Waals surface area contributed by atoms with Crippen molar-refractivity contribution in [3.63, 3.8) is 0 Å². The fraction of sp³-hybridized carbons (Fsp3) is 0.143. The third kappa shape index (κ3) is 3.59. The highest BCUT2D eigenvalue weighted by molar-refractivity contribution is 5.90. The van der Waals surface area contributed by atoms with E-state index in [4.69, 9.17) is 0 Å². The van der Waals surface area contributed by atoms with Crippen molar-refractivity contribution in [2.24, 2.45) is 0 Å². The molecular formula is C21H20N2O2. The number of rotatable bonds is 5. The minimum atomic E-state index is -1.76. The maximum absolute atomic E-state index is 12.9. The predicted molar refractivity (Wildman–Crippen MR) is 96.7 cm³/mol. The van der Waals surface area contributed by atoms with Crippen LogP contribution < -0.4 is 5.32 Å². The number of aryl methyl sites for hydroxylation is 1. The Hall–Kier alpha value is -2.98. The summed E-state index contributed by atoms with van der Waals surface area (Å²) in [5.41, 5.74) is 0.920. The minimum absolute atomic E-state index is 0.252. The van der Waals surface area contributed by atoms with Crippen molar-refractivity contribution < 1.29 is 9.90 Å². The molecule has 3 rings (SSSR count). The Bertz CT molecular complexity index is 809. The molecule has 1 amide bonds. The third-order valence-corrected chi connectivity index (χ3v) is 4.09. The molecule has 0 saturated heterocycles. The number of aliphatic hydroxyl groups is 1. The summed E-state index contributed by atoms with van der Waals surface area (Å²) in [5, 5.41) is 14.1. The van der Waals surface area contributed by atoms with Gasteiger partial charge in [0.05, 0.1) is 12.2 Å². The summed E-state index contributed by atoms with van der Waals surface area (Å²) in [6.07, 6.45) is 0. The van der Waals surface area contributed by atoms with Gasteiger partial charge in [0.25, 0.3) is 5.91 Å². The molecule has 0 aliphatic rings. The van der Waals surface area contributed by atoms with Gasteiger partial charge < -0.3 is 10.4 Å². The smallest absolute Gasteiger partial charge is 0.261 e. The Labute approximate surface area is 147 Å². The first kappa shape index (κ1) is 16.9. The van der Waals surface area contributed by atoms with Crippen LogP contribution in [0.25, 0.3) is 0 Å². The molecule has 4 nitrogen and oxygen atoms in total. The van der Waals surface area contributed by atoms with E-state index in [9.17, 15) is 9.90 Å². The average Bonchev–Trinajstić information content (AvgIpc) is 2.67.